The number of carboxylic acids is 1. The van der Waals surface area contributed by atoms with Crippen molar-refractivity contribution in [2.24, 2.45) is 0 Å². The molecule has 1 aliphatic carbocycles. The minimum atomic E-state index is -1.10. The van der Waals surface area contributed by atoms with E-state index in [9.17, 15) is 4.79 Å². The number of aryl methyl sites for hydroxylation is 1. The summed E-state index contributed by atoms with van der Waals surface area (Å²) in [5.74, 6) is -1.24. The van der Waals surface area contributed by atoms with Crippen molar-refractivity contribution >= 4 is 21.9 Å². The van der Waals surface area contributed by atoms with Crippen molar-refractivity contribution < 1.29 is 14.4 Å². The maximum absolute atomic E-state index is 10.8. The van der Waals surface area contributed by atoms with Crippen LogP contribution in [-0.2, 0) is 12.8 Å². The third kappa shape index (κ3) is 2.30. The first-order valence-electron chi connectivity index (χ1n) is 6.17. The van der Waals surface area contributed by atoms with E-state index in [-0.39, 0.29) is 5.76 Å². The molecule has 0 saturated heterocycles. The van der Waals surface area contributed by atoms with E-state index in [4.69, 9.17) is 9.63 Å². The minimum absolute atomic E-state index is 0.135. The monoisotopic (exact) mass is 321 g/mol. The quantitative estimate of drug-likeness (QED) is 0.916. The molecule has 1 aromatic heterocycles. The Balaban J connectivity index is 2.05. The molecule has 0 radical (unpaired) electrons. The number of halogens is 1. The van der Waals surface area contributed by atoms with Gasteiger partial charge in [-0.1, -0.05) is 21.1 Å². The molecule has 0 spiro atoms. The molecule has 3 rings (SSSR count). The Labute approximate surface area is 118 Å². The van der Waals surface area contributed by atoms with Crippen LogP contribution in [0.2, 0.25) is 0 Å². The molecule has 0 bridgehead atoms. The second-order valence-corrected chi connectivity index (χ2v) is 5.54. The van der Waals surface area contributed by atoms with Crippen LogP contribution in [0.3, 0.4) is 0 Å². The molecule has 1 aliphatic rings. The van der Waals surface area contributed by atoms with Crippen LogP contribution in [0.15, 0.2) is 27.2 Å². The largest absolute Gasteiger partial charge is 0.475 e. The van der Waals surface area contributed by atoms with Crippen molar-refractivity contribution in [2.75, 3.05) is 0 Å². The van der Waals surface area contributed by atoms with Gasteiger partial charge in [-0.25, -0.2) is 4.79 Å². The van der Waals surface area contributed by atoms with E-state index in [0.717, 1.165) is 22.9 Å². The van der Waals surface area contributed by atoms with Gasteiger partial charge in [0.25, 0.3) is 0 Å². The first-order valence-corrected chi connectivity index (χ1v) is 6.96. The van der Waals surface area contributed by atoms with Crippen LogP contribution >= 0.6 is 15.9 Å². The maximum atomic E-state index is 10.8. The van der Waals surface area contributed by atoms with Gasteiger partial charge in [0.15, 0.2) is 0 Å². The van der Waals surface area contributed by atoms with Crippen LogP contribution < -0.4 is 0 Å². The number of hydrogen-bond donors (Lipinski definition) is 1. The number of benzene rings is 1. The fourth-order valence-electron chi connectivity index (χ4n) is 2.47. The number of nitrogens with zero attached hydrogens (tertiary/aromatic N) is 1. The zero-order valence-electron chi connectivity index (χ0n) is 10.1. The number of carboxylic acid groups (broad SMARTS) is 1. The van der Waals surface area contributed by atoms with Crippen molar-refractivity contribution in [3.63, 3.8) is 0 Å². The summed E-state index contributed by atoms with van der Waals surface area (Å²) < 4.78 is 5.87. The SMILES string of the molecule is O=C(O)c1cc(-c2cc(Br)c3c(c2)CCCC3)no1. The Hall–Kier alpha value is -1.62. The predicted octanol–water partition coefficient (Wildman–Crippen LogP) is 3.68. The van der Waals surface area contributed by atoms with Crippen molar-refractivity contribution in [1.29, 1.82) is 0 Å². The van der Waals surface area contributed by atoms with E-state index >= 15 is 0 Å². The molecule has 0 fully saturated rings. The molecular weight excluding hydrogens is 310 g/mol. The van der Waals surface area contributed by atoms with Gasteiger partial charge in [0.1, 0.15) is 5.69 Å². The molecule has 98 valence electrons. The Morgan fingerprint density at radius 1 is 1.26 bits per heavy atom. The molecule has 0 unspecified atom stereocenters. The molecule has 0 atom stereocenters. The van der Waals surface area contributed by atoms with Gasteiger partial charge in [-0.15, -0.1) is 0 Å². The van der Waals surface area contributed by atoms with Crippen LogP contribution in [0.5, 0.6) is 0 Å². The summed E-state index contributed by atoms with van der Waals surface area (Å²) in [7, 11) is 0. The highest BCUT2D eigenvalue weighted by atomic mass is 79.9. The smallest absolute Gasteiger partial charge is 0.374 e. The lowest BCUT2D eigenvalue weighted by Crippen LogP contribution is -2.03. The highest BCUT2D eigenvalue weighted by Crippen LogP contribution is 2.33. The van der Waals surface area contributed by atoms with Crippen LogP contribution in [0.25, 0.3) is 11.3 Å². The molecule has 1 N–H and O–H groups in total. The molecule has 0 amide bonds. The average molecular weight is 322 g/mol. The van der Waals surface area contributed by atoms with E-state index in [1.54, 1.807) is 0 Å². The summed E-state index contributed by atoms with van der Waals surface area (Å²) in [4.78, 5) is 10.8. The minimum Gasteiger partial charge on any atom is -0.475 e. The van der Waals surface area contributed by atoms with E-state index < -0.39 is 5.97 Å². The van der Waals surface area contributed by atoms with Crippen LogP contribution in [0.4, 0.5) is 0 Å². The van der Waals surface area contributed by atoms with Gasteiger partial charge in [0.2, 0.25) is 5.76 Å². The molecule has 5 heteroatoms. The number of aromatic carboxylic acids is 1. The van der Waals surface area contributed by atoms with E-state index in [0.29, 0.717) is 5.69 Å². The molecule has 2 aromatic rings. The Morgan fingerprint density at radius 2 is 2.05 bits per heavy atom. The lowest BCUT2D eigenvalue weighted by Gasteiger charge is -2.18. The van der Waals surface area contributed by atoms with Crippen LogP contribution in [0.1, 0.15) is 34.5 Å². The Bertz CT molecular complexity index is 648. The number of fused-ring (bicyclic) bond motifs is 1. The van der Waals surface area contributed by atoms with Crippen molar-refractivity contribution in [3.8, 4) is 11.3 Å². The van der Waals surface area contributed by atoms with Crippen molar-refractivity contribution in [3.05, 3.63) is 39.6 Å². The van der Waals surface area contributed by atoms with E-state index in [1.807, 2.05) is 6.07 Å². The van der Waals surface area contributed by atoms with Gasteiger partial charge >= 0.3 is 5.97 Å². The zero-order chi connectivity index (χ0) is 13.4. The summed E-state index contributed by atoms with van der Waals surface area (Å²) in [5.41, 5.74) is 4.13. The summed E-state index contributed by atoms with van der Waals surface area (Å²) >= 11 is 3.59. The van der Waals surface area contributed by atoms with Gasteiger partial charge in [0, 0.05) is 16.1 Å². The first kappa shape index (κ1) is 12.4. The molecule has 0 saturated carbocycles. The highest BCUT2D eigenvalue weighted by molar-refractivity contribution is 9.10. The summed E-state index contributed by atoms with van der Waals surface area (Å²) in [5, 5.41) is 12.7. The lowest BCUT2D eigenvalue weighted by molar-refractivity contribution is 0.0652. The van der Waals surface area contributed by atoms with Crippen molar-refractivity contribution in [2.45, 2.75) is 25.7 Å². The van der Waals surface area contributed by atoms with Gasteiger partial charge in [0.05, 0.1) is 0 Å². The molecule has 0 aliphatic heterocycles. The highest BCUT2D eigenvalue weighted by Gasteiger charge is 2.17. The Morgan fingerprint density at radius 3 is 2.79 bits per heavy atom. The molecule has 1 heterocycles. The van der Waals surface area contributed by atoms with Crippen LogP contribution in [-0.4, -0.2) is 16.2 Å². The third-order valence-corrected chi connectivity index (χ3v) is 4.14. The van der Waals surface area contributed by atoms with E-state index in [1.165, 1.54) is 30.0 Å². The molecule has 19 heavy (non-hydrogen) atoms. The molecule has 1 aromatic carbocycles. The number of carbonyl (C=O) groups is 1. The fraction of sp³-hybridized carbons (Fsp3) is 0.286. The second kappa shape index (κ2) is 4.81. The van der Waals surface area contributed by atoms with Gasteiger partial charge in [-0.2, -0.15) is 0 Å². The van der Waals surface area contributed by atoms with Crippen LogP contribution in [0, 0.1) is 0 Å². The van der Waals surface area contributed by atoms with E-state index in [2.05, 4.69) is 27.2 Å². The maximum Gasteiger partial charge on any atom is 0.374 e. The second-order valence-electron chi connectivity index (χ2n) is 4.68. The number of aromatic nitrogens is 1. The number of hydrogen-bond acceptors (Lipinski definition) is 3. The average Bonchev–Trinajstić information content (AvgIpc) is 2.88. The molecule has 4 nitrogen and oxygen atoms in total. The van der Waals surface area contributed by atoms with Gasteiger partial charge in [-0.3, -0.25) is 0 Å². The summed E-state index contributed by atoms with van der Waals surface area (Å²) in [6, 6.07) is 5.52. The standard InChI is InChI=1S/C14H12BrNO3/c15-11-6-9(5-8-3-1-2-4-10(8)11)12-7-13(14(17)18)19-16-12/h5-7H,1-4H2,(H,17,18). The van der Waals surface area contributed by atoms with Gasteiger partial charge < -0.3 is 9.63 Å². The van der Waals surface area contributed by atoms with Gasteiger partial charge in [-0.05, 0) is 48.9 Å². The lowest BCUT2D eigenvalue weighted by atomic mass is 9.90. The Kier molecular flexibility index (Phi) is 3.14. The predicted molar refractivity (Wildman–Crippen MR) is 73.2 cm³/mol. The zero-order valence-corrected chi connectivity index (χ0v) is 11.7. The third-order valence-electron chi connectivity index (χ3n) is 3.43. The van der Waals surface area contributed by atoms with Crippen molar-refractivity contribution in [1.82, 2.24) is 5.16 Å². The topological polar surface area (TPSA) is 63.3 Å². The molecular formula is C14H12BrNO3. The summed E-state index contributed by atoms with van der Waals surface area (Å²) in [6.07, 6.45) is 4.57. The fourth-order valence-corrected chi connectivity index (χ4v) is 3.17. The normalized spacial score (nSPS) is 14.2. The number of rotatable bonds is 2. The summed E-state index contributed by atoms with van der Waals surface area (Å²) in [6.45, 7) is 0. The first-order chi connectivity index (χ1) is 9.15.